The van der Waals surface area contributed by atoms with Gasteiger partial charge in [0.1, 0.15) is 5.41 Å². The van der Waals surface area contributed by atoms with E-state index in [0.717, 1.165) is 17.7 Å². The largest absolute Gasteiger partial charge is 0.450 e. The minimum atomic E-state index is -1.16. The number of hydrogen-bond donors (Lipinski definition) is 1. The Kier molecular flexibility index (Phi) is 5.91. The van der Waals surface area contributed by atoms with Gasteiger partial charge < -0.3 is 19.9 Å². The smallest absolute Gasteiger partial charge is 0.409 e. The van der Waals surface area contributed by atoms with E-state index in [-0.39, 0.29) is 23.9 Å². The van der Waals surface area contributed by atoms with Gasteiger partial charge in [0, 0.05) is 31.4 Å². The van der Waals surface area contributed by atoms with Crippen LogP contribution in [0.1, 0.15) is 39.2 Å². The average molecular weight is 387 g/mol. The highest BCUT2D eigenvalue weighted by Gasteiger charge is 2.42. The molecule has 28 heavy (non-hydrogen) atoms. The second-order valence-corrected chi connectivity index (χ2v) is 7.89. The number of amides is 3. The molecule has 7 heteroatoms. The summed E-state index contributed by atoms with van der Waals surface area (Å²) in [5, 5.41) is 3.01. The highest BCUT2D eigenvalue weighted by molar-refractivity contribution is 6.11. The molecule has 2 heterocycles. The number of likely N-dealkylation sites (tertiary alicyclic amines) is 1. The van der Waals surface area contributed by atoms with Gasteiger partial charge >= 0.3 is 6.09 Å². The molecule has 0 bridgehead atoms. The van der Waals surface area contributed by atoms with Gasteiger partial charge in [-0.05, 0) is 51.7 Å². The molecule has 152 valence electrons. The monoisotopic (exact) mass is 387 g/mol. The van der Waals surface area contributed by atoms with E-state index in [9.17, 15) is 14.4 Å². The average Bonchev–Trinajstić information content (AvgIpc) is 3.12. The van der Waals surface area contributed by atoms with Gasteiger partial charge in [0.2, 0.25) is 11.8 Å². The number of fused-ring (bicyclic) bond motifs is 1. The number of carbonyl (C=O) groups is 3. The van der Waals surface area contributed by atoms with Crippen LogP contribution in [-0.4, -0.2) is 55.1 Å². The van der Waals surface area contributed by atoms with Gasteiger partial charge in [-0.1, -0.05) is 18.2 Å². The SMILES string of the molecule is CCOC(=O)N1CCC(NC(=O)C(C)(C)C(=O)N2CCc3ccccc32)CC1. The Morgan fingerprint density at radius 3 is 2.50 bits per heavy atom. The number of hydrogen-bond acceptors (Lipinski definition) is 4. The number of nitrogens with one attached hydrogen (secondary N) is 1. The molecule has 3 amide bonds. The first-order valence-corrected chi connectivity index (χ1v) is 9.97. The first kappa shape index (κ1) is 20.2. The van der Waals surface area contributed by atoms with Gasteiger partial charge in [0.05, 0.1) is 6.61 Å². The Hall–Kier alpha value is -2.57. The number of benzene rings is 1. The Balaban J connectivity index is 1.58. The van der Waals surface area contributed by atoms with E-state index in [1.807, 2.05) is 24.3 Å². The van der Waals surface area contributed by atoms with Crippen LogP contribution in [0.2, 0.25) is 0 Å². The molecule has 2 aliphatic rings. The van der Waals surface area contributed by atoms with Crippen molar-refractivity contribution in [1.82, 2.24) is 10.2 Å². The lowest BCUT2D eigenvalue weighted by Gasteiger charge is -2.34. The van der Waals surface area contributed by atoms with Crippen LogP contribution in [0.25, 0.3) is 0 Å². The Morgan fingerprint density at radius 1 is 1.14 bits per heavy atom. The van der Waals surface area contributed by atoms with Crippen molar-refractivity contribution in [1.29, 1.82) is 0 Å². The summed E-state index contributed by atoms with van der Waals surface area (Å²) in [6.45, 7) is 7.18. The van der Waals surface area contributed by atoms with Crippen molar-refractivity contribution < 1.29 is 19.1 Å². The molecule has 1 N–H and O–H groups in total. The van der Waals surface area contributed by atoms with E-state index in [2.05, 4.69) is 5.32 Å². The molecule has 0 spiro atoms. The van der Waals surface area contributed by atoms with Crippen molar-refractivity contribution in [2.75, 3.05) is 31.1 Å². The second-order valence-electron chi connectivity index (χ2n) is 7.89. The van der Waals surface area contributed by atoms with Crippen molar-refractivity contribution in [3.63, 3.8) is 0 Å². The van der Waals surface area contributed by atoms with Gasteiger partial charge in [0.25, 0.3) is 0 Å². The molecule has 0 radical (unpaired) electrons. The molecule has 0 aromatic heterocycles. The third-order valence-electron chi connectivity index (χ3n) is 5.59. The molecule has 1 aromatic carbocycles. The zero-order chi connectivity index (χ0) is 20.3. The summed E-state index contributed by atoms with van der Waals surface area (Å²) in [5.74, 6) is -0.449. The molecule has 0 aliphatic carbocycles. The number of piperidine rings is 1. The van der Waals surface area contributed by atoms with Gasteiger partial charge in [0.15, 0.2) is 0 Å². The molecule has 1 saturated heterocycles. The first-order valence-electron chi connectivity index (χ1n) is 9.97. The van der Waals surface area contributed by atoms with Crippen LogP contribution in [0.3, 0.4) is 0 Å². The molecule has 3 rings (SSSR count). The summed E-state index contributed by atoms with van der Waals surface area (Å²) in [6, 6.07) is 7.78. The van der Waals surface area contributed by atoms with Crippen LogP contribution >= 0.6 is 0 Å². The van der Waals surface area contributed by atoms with Gasteiger partial charge in [-0.2, -0.15) is 0 Å². The molecule has 1 aromatic rings. The maximum absolute atomic E-state index is 13.1. The quantitative estimate of drug-likeness (QED) is 0.805. The Bertz CT molecular complexity index is 754. The lowest BCUT2D eigenvalue weighted by atomic mass is 9.89. The van der Waals surface area contributed by atoms with Crippen molar-refractivity contribution >= 4 is 23.6 Å². The van der Waals surface area contributed by atoms with E-state index in [0.29, 0.717) is 39.1 Å². The van der Waals surface area contributed by atoms with E-state index in [1.54, 1.807) is 30.6 Å². The van der Waals surface area contributed by atoms with Crippen molar-refractivity contribution in [3.05, 3.63) is 29.8 Å². The maximum atomic E-state index is 13.1. The lowest BCUT2D eigenvalue weighted by Crippen LogP contribution is -2.54. The standard InChI is InChI=1S/C21H29N3O4/c1-4-28-20(27)23-12-10-16(11-13-23)22-18(25)21(2,3)19(26)24-14-9-15-7-5-6-8-17(15)24/h5-8,16H,4,9-14H2,1-3H3,(H,22,25). The van der Waals surface area contributed by atoms with Crippen molar-refractivity contribution in [3.8, 4) is 0 Å². The summed E-state index contributed by atoms with van der Waals surface area (Å²) in [5.41, 5.74) is 0.880. The number of nitrogens with zero attached hydrogens (tertiary/aromatic N) is 2. The minimum absolute atomic E-state index is 0.0453. The zero-order valence-electron chi connectivity index (χ0n) is 16.9. The van der Waals surface area contributed by atoms with Crippen LogP contribution < -0.4 is 10.2 Å². The molecule has 0 saturated carbocycles. The molecular weight excluding hydrogens is 358 g/mol. The van der Waals surface area contributed by atoms with Crippen LogP contribution in [0.4, 0.5) is 10.5 Å². The lowest BCUT2D eigenvalue weighted by molar-refractivity contribution is -0.140. The molecule has 7 nitrogen and oxygen atoms in total. The van der Waals surface area contributed by atoms with E-state index in [4.69, 9.17) is 4.74 Å². The van der Waals surface area contributed by atoms with Crippen LogP contribution in [0, 0.1) is 5.41 Å². The molecular formula is C21H29N3O4. The summed E-state index contributed by atoms with van der Waals surface area (Å²) in [4.78, 5) is 41.2. The molecule has 0 atom stereocenters. The molecule has 0 unspecified atom stereocenters. The van der Waals surface area contributed by atoms with Crippen LogP contribution in [0.5, 0.6) is 0 Å². The van der Waals surface area contributed by atoms with Crippen LogP contribution in [0.15, 0.2) is 24.3 Å². The van der Waals surface area contributed by atoms with E-state index in [1.165, 1.54) is 0 Å². The van der Waals surface area contributed by atoms with Gasteiger partial charge in [-0.15, -0.1) is 0 Å². The number of para-hydroxylation sites is 1. The van der Waals surface area contributed by atoms with E-state index >= 15 is 0 Å². The number of carbonyl (C=O) groups excluding carboxylic acids is 3. The van der Waals surface area contributed by atoms with Crippen molar-refractivity contribution in [2.45, 2.75) is 46.1 Å². The number of rotatable bonds is 4. The van der Waals surface area contributed by atoms with Crippen molar-refractivity contribution in [2.24, 2.45) is 5.41 Å². The fourth-order valence-corrected chi connectivity index (χ4v) is 3.77. The highest BCUT2D eigenvalue weighted by Crippen LogP contribution is 2.32. The third kappa shape index (κ3) is 3.98. The third-order valence-corrected chi connectivity index (χ3v) is 5.59. The van der Waals surface area contributed by atoms with E-state index < -0.39 is 5.41 Å². The van der Waals surface area contributed by atoms with Gasteiger partial charge in [-0.25, -0.2) is 4.79 Å². The van der Waals surface area contributed by atoms with Crippen LogP contribution in [-0.2, 0) is 20.7 Å². The summed E-state index contributed by atoms with van der Waals surface area (Å²) in [7, 11) is 0. The predicted molar refractivity (Wildman–Crippen MR) is 106 cm³/mol. The highest BCUT2D eigenvalue weighted by atomic mass is 16.6. The molecule has 2 aliphatic heterocycles. The Morgan fingerprint density at radius 2 is 1.82 bits per heavy atom. The predicted octanol–water partition coefficient (Wildman–Crippen LogP) is 2.34. The van der Waals surface area contributed by atoms with Gasteiger partial charge in [-0.3, -0.25) is 9.59 Å². The summed E-state index contributed by atoms with van der Waals surface area (Å²) < 4.78 is 5.02. The number of ether oxygens (including phenoxy) is 1. The first-order chi connectivity index (χ1) is 13.3. The fraction of sp³-hybridized carbons (Fsp3) is 0.571. The maximum Gasteiger partial charge on any atom is 0.409 e. The normalized spacial score (nSPS) is 17.2. The molecule has 1 fully saturated rings. The summed E-state index contributed by atoms with van der Waals surface area (Å²) >= 11 is 0. The summed E-state index contributed by atoms with van der Waals surface area (Å²) in [6.07, 6.45) is 1.81. The zero-order valence-corrected chi connectivity index (χ0v) is 16.9. The fourth-order valence-electron chi connectivity index (χ4n) is 3.77. The minimum Gasteiger partial charge on any atom is -0.450 e. The number of anilines is 1. The topological polar surface area (TPSA) is 79.0 Å². The second kappa shape index (κ2) is 8.20. The Labute approximate surface area is 166 Å².